The molecular weight excluding hydrogens is 248 g/mol. The van der Waals surface area contributed by atoms with Crippen LogP contribution in [0.15, 0.2) is 58.3 Å². The summed E-state index contributed by atoms with van der Waals surface area (Å²) in [7, 11) is 0. The van der Waals surface area contributed by atoms with Crippen molar-refractivity contribution in [1.82, 2.24) is 0 Å². The van der Waals surface area contributed by atoms with Gasteiger partial charge in [0.2, 0.25) is 0 Å². The topological polar surface area (TPSA) is 0 Å². The summed E-state index contributed by atoms with van der Waals surface area (Å²) < 4.78 is 0. The normalized spacial score (nSPS) is 10.8. The molecule has 0 saturated carbocycles. The zero-order chi connectivity index (χ0) is 12.3. The Balaban J connectivity index is 2.11. The van der Waals surface area contributed by atoms with Crippen LogP contribution in [0, 0.1) is 0 Å². The van der Waals surface area contributed by atoms with Crippen LogP contribution in [-0.4, -0.2) is 0 Å². The van der Waals surface area contributed by atoms with Crippen molar-refractivity contribution in [2.45, 2.75) is 29.6 Å². The average Bonchev–Trinajstić information content (AvgIpc) is 2.33. The summed E-state index contributed by atoms with van der Waals surface area (Å²) in [4.78, 5) is 2.48. The van der Waals surface area contributed by atoms with E-state index in [0.29, 0.717) is 5.92 Å². The second-order valence-corrected chi connectivity index (χ2v) is 5.86. The van der Waals surface area contributed by atoms with Crippen molar-refractivity contribution in [2.75, 3.05) is 0 Å². The van der Waals surface area contributed by atoms with E-state index in [1.165, 1.54) is 15.4 Å². The monoisotopic (exact) mass is 262 g/mol. The van der Waals surface area contributed by atoms with E-state index < -0.39 is 0 Å². The van der Waals surface area contributed by atoms with Crippen LogP contribution in [0.3, 0.4) is 0 Å². The molecule has 0 aliphatic carbocycles. The fourth-order valence-electron chi connectivity index (χ4n) is 1.56. The summed E-state index contributed by atoms with van der Waals surface area (Å²) in [5.74, 6) is 0.588. The maximum atomic E-state index is 5.86. The van der Waals surface area contributed by atoms with E-state index in [4.69, 9.17) is 11.6 Å². The Morgan fingerprint density at radius 1 is 0.824 bits per heavy atom. The smallest absolute Gasteiger partial charge is 0.0406 e. The van der Waals surface area contributed by atoms with E-state index in [1.807, 2.05) is 24.3 Å². The first kappa shape index (κ1) is 12.5. The highest BCUT2D eigenvalue weighted by atomic mass is 35.5. The lowest BCUT2D eigenvalue weighted by atomic mass is 10.0. The standard InChI is InChI=1S/C15H15ClS/c1-11(2)12-3-7-14(8-4-12)17-15-9-5-13(16)6-10-15/h3-11H,1-2H3. The highest BCUT2D eigenvalue weighted by Gasteiger charge is 2.00. The molecule has 0 unspecified atom stereocenters. The van der Waals surface area contributed by atoms with Gasteiger partial charge in [0.1, 0.15) is 0 Å². The van der Waals surface area contributed by atoms with Gasteiger partial charge in [-0.2, -0.15) is 0 Å². The van der Waals surface area contributed by atoms with Gasteiger partial charge in [-0.25, -0.2) is 0 Å². The SMILES string of the molecule is CC(C)c1ccc(Sc2ccc(Cl)cc2)cc1. The molecule has 0 fully saturated rings. The first-order chi connectivity index (χ1) is 8.15. The van der Waals surface area contributed by atoms with Crippen LogP contribution < -0.4 is 0 Å². The Morgan fingerprint density at radius 3 is 1.76 bits per heavy atom. The highest BCUT2D eigenvalue weighted by Crippen LogP contribution is 2.29. The van der Waals surface area contributed by atoms with Gasteiger partial charge in [-0.1, -0.05) is 49.3 Å². The van der Waals surface area contributed by atoms with Gasteiger partial charge in [-0.15, -0.1) is 0 Å². The molecule has 0 aliphatic heterocycles. The summed E-state index contributed by atoms with van der Waals surface area (Å²) in [6.07, 6.45) is 0. The van der Waals surface area contributed by atoms with Crippen LogP contribution in [0.1, 0.15) is 25.3 Å². The van der Waals surface area contributed by atoms with Crippen molar-refractivity contribution < 1.29 is 0 Å². The third kappa shape index (κ3) is 3.52. The molecule has 0 nitrogen and oxygen atoms in total. The minimum absolute atomic E-state index is 0.588. The molecule has 0 N–H and O–H groups in total. The van der Waals surface area contributed by atoms with Gasteiger partial charge >= 0.3 is 0 Å². The number of halogens is 1. The lowest BCUT2D eigenvalue weighted by Crippen LogP contribution is -1.85. The molecule has 0 amide bonds. The highest BCUT2D eigenvalue weighted by molar-refractivity contribution is 7.99. The van der Waals surface area contributed by atoms with E-state index in [2.05, 4.69) is 38.1 Å². The van der Waals surface area contributed by atoms with Crippen LogP contribution in [-0.2, 0) is 0 Å². The lowest BCUT2D eigenvalue weighted by molar-refractivity contribution is 0.865. The van der Waals surface area contributed by atoms with Gasteiger partial charge in [-0.3, -0.25) is 0 Å². The molecule has 17 heavy (non-hydrogen) atoms. The predicted octanol–water partition coefficient (Wildman–Crippen LogP) is 5.61. The second kappa shape index (κ2) is 5.61. The van der Waals surface area contributed by atoms with Crippen LogP contribution in [0.4, 0.5) is 0 Å². The van der Waals surface area contributed by atoms with E-state index in [-0.39, 0.29) is 0 Å². The van der Waals surface area contributed by atoms with Gasteiger partial charge in [-0.05, 0) is 47.9 Å². The summed E-state index contributed by atoms with van der Waals surface area (Å²) >= 11 is 7.62. The molecule has 0 aliphatic rings. The van der Waals surface area contributed by atoms with Gasteiger partial charge in [0.15, 0.2) is 0 Å². The van der Waals surface area contributed by atoms with E-state index in [0.717, 1.165) is 5.02 Å². The molecule has 88 valence electrons. The van der Waals surface area contributed by atoms with Crippen molar-refractivity contribution in [1.29, 1.82) is 0 Å². The van der Waals surface area contributed by atoms with E-state index in [9.17, 15) is 0 Å². The molecule has 0 saturated heterocycles. The fraction of sp³-hybridized carbons (Fsp3) is 0.200. The van der Waals surface area contributed by atoms with Crippen molar-refractivity contribution in [2.24, 2.45) is 0 Å². The van der Waals surface area contributed by atoms with Gasteiger partial charge in [0, 0.05) is 14.8 Å². The van der Waals surface area contributed by atoms with Crippen molar-refractivity contribution in [3.8, 4) is 0 Å². The third-order valence-corrected chi connectivity index (χ3v) is 3.86. The van der Waals surface area contributed by atoms with E-state index >= 15 is 0 Å². The molecular formula is C15H15ClS. The minimum Gasteiger partial charge on any atom is -0.0901 e. The van der Waals surface area contributed by atoms with Gasteiger partial charge in [0.25, 0.3) is 0 Å². The number of hydrogen-bond donors (Lipinski definition) is 0. The Morgan fingerprint density at radius 2 is 1.29 bits per heavy atom. The molecule has 2 heteroatoms. The zero-order valence-electron chi connectivity index (χ0n) is 9.98. The Kier molecular flexibility index (Phi) is 4.14. The van der Waals surface area contributed by atoms with Crippen LogP contribution in [0.25, 0.3) is 0 Å². The summed E-state index contributed by atoms with van der Waals surface area (Å²) in [5, 5.41) is 0.782. The maximum Gasteiger partial charge on any atom is 0.0406 e. The largest absolute Gasteiger partial charge is 0.0901 e. The van der Waals surface area contributed by atoms with Gasteiger partial charge < -0.3 is 0 Å². The number of hydrogen-bond acceptors (Lipinski definition) is 1. The van der Waals surface area contributed by atoms with Crippen LogP contribution >= 0.6 is 23.4 Å². The summed E-state index contributed by atoms with van der Waals surface area (Å²) in [6.45, 7) is 4.42. The predicted molar refractivity (Wildman–Crippen MR) is 76.1 cm³/mol. The molecule has 2 rings (SSSR count). The molecule has 2 aromatic carbocycles. The fourth-order valence-corrected chi connectivity index (χ4v) is 2.50. The number of benzene rings is 2. The third-order valence-electron chi connectivity index (χ3n) is 2.60. The quantitative estimate of drug-likeness (QED) is 0.692. The Labute approximate surface area is 112 Å². The first-order valence-electron chi connectivity index (χ1n) is 5.68. The average molecular weight is 263 g/mol. The molecule has 0 aromatic heterocycles. The Hall–Kier alpha value is -0.920. The molecule has 0 atom stereocenters. The molecule has 2 aromatic rings. The van der Waals surface area contributed by atoms with Crippen molar-refractivity contribution in [3.05, 3.63) is 59.1 Å². The van der Waals surface area contributed by atoms with Crippen LogP contribution in [0.5, 0.6) is 0 Å². The van der Waals surface area contributed by atoms with Crippen molar-refractivity contribution in [3.63, 3.8) is 0 Å². The zero-order valence-corrected chi connectivity index (χ0v) is 11.6. The molecule has 0 heterocycles. The Bertz CT molecular complexity index is 471. The molecule has 0 spiro atoms. The summed E-state index contributed by atoms with van der Waals surface area (Å²) in [5.41, 5.74) is 1.38. The van der Waals surface area contributed by atoms with Crippen LogP contribution in [0.2, 0.25) is 5.02 Å². The summed E-state index contributed by atoms with van der Waals surface area (Å²) in [6, 6.07) is 16.7. The number of rotatable bonds is 3. The first-order valence-corrected chi connectivity index (χ1v) is 6.88. The molecule has 0 radical (unpaired) electrons. The van der Waals surface area contributed by atoms with Crippen molar-refractivity contribution >= 4 is 23.4 Å². The van der Waals surface area contributed by atoms with E-state index in [1.54, 1.807) is 11.8 Å². The lowest BCUT2D eigenvalue weighted by Gasteiger charge is -2.06. The van der Waals surface area contributed by atoms with Gasteiger partial charge in [0.05, 0.1) is 0 Å². The second-order valence-electron chi connectivity index (χ2n) is 4.28. The minimum atomic E-state index is 0.588. The molecule has 0 bridgehead atoms. The maximum absolute atomic E-state index is 5.86.